The van der Waals surface area contributed by atoms with Crippen LogP contribution >= 0.6 is 0 Å². The van der Waals surface area contributed by atoms with Gasteiger partial charge in [0.1, 0.15) is 11.5 Å². The lowest BCUT2D eigenvalue weighted by atomic mass is 10.1. The molecule has 0 fully saturated rings. The van der Waals surface area contributed by atoms with Gasteiger partial charge in [0.25, 0.3) is 0 Å². The van der Waals surface area contributed by atoms with E-state index in [4.69, 9.17) is 17.2 Å². The first kappa shape index (κ1) is 8.32. The molecule has 12 heavy (non-hydrogen) atoms. The van der Waals surface area contributed by atoms with E-state index in [9.17, 15) is 10.2 Å². The first-order valence-corrected chi connectivity index (χ1v) is 3.31. The minimum atomic E-state index is -0.223. The highest BCUT2D eigenvalue weighted by Crippen LogP contribution is 2.42. The minimum absolute atomic E-state index is 0.00259. The Morgan fingerprint density at radius 1 is 0.833 bits per heavy atom. The molecule has 0 aliphatic heterocycles. The van der Waals surface area contributed by atoms with E-state index in [0.717, 1.165) is 0 Å². The highest BCUT2D eigenvalue weighted by Gasteiger charge is 2.14. The first-order chi connectivity index (χ1) is 5.46. The van der Waals surface area contributed by atoms with Crippen molar-refractivity contribution >= 4 is 17.1 Å². The summed E-state index contributed by atoms with van der Waals surface area (Å²) < 4.78 is 0. The second-order valence-corrected chi connectivity index (χ2v) is 2.56. The van der Waals surface area contributed by atoms with Crippen molar-refractivity contribution in [1.29, 1.82) is 0 Å². The predicted molar refractivity (Wildman–Crippen MR) is 47.7 cm³/mol. The van der Waals surface area contributed by atoms with E-state index in [2.05, 4.69) is 0 Å². The molecule has 0 atom stereocenters. The summed E-state index contributed by atoms with van der Waals surface area (Å²) in [6, 6.07) is 0. The second-order valence-electron chi connectivity index (χ2n) is 2.56. The average molecular weight is 169 g/mol. The van der Waals surface area contributed by atoms with Crippen molar-refractivity contribution in [2.24, 2.45) is 0 Å². The van der Waals surface area contributed by atoms with E-state index in [1.165, 1.54) is 6.92 Å². The van der Waals surface area contributed by atoms with Crippen LogP contribution in [0.1, 0.15) is 5.56 Å². The van der Waals surface area contributed by atoms with Gasteiger partial charge in [-0.3, -0.25) is 0 Å². The van der Waals surface area contributed by atoms with Crippen LogP contribution in [0.25, 0.3) is 0 Å². The SMILES string of the molecule is Cc1c(O)c(N)c(N)c(N)c1O. The predicted octanol–water partition coefficient (Wildman–Crippen LogP) is 0.153. The monoisotopic (exact) mass is 169 g/mol. The molecule has 1 aromatic carbocycles. The molecule has 1 rings (SSSR count). The van der Waals surface area contributed by atoms with Gasteiger partial charge in [-0.05, 0) is 6.92 Å². The zero-order valence-electron chi connectivity index (χ0n) is 6.63. The number of rotatable bonds is 0. The summed E-state index contributed by atoms with van der Waals surface area (Å²) in [7, 11) is 0. The molecule has 0 aliphatic carbocycles. The molecule has 0 radical (unpaired) electrons. The fourth-order valence-electron chi connectivity index (χ4n) is 0.916. The molecule has 8 N–H and O–H groups in total. The number of nitrogens with two attached hydrogens (primary N) is 3. The molecule has 0 aliphatic rings. The van der Waals surface area contributed by atoms with Crippen LogP contribution in [0.4, 0.5) is 17.1 Å². The Morgan fingerprint density at radius 3 is 1.50 bits per heavy atom. The molecule has 0 heterocycles. The van der Waals surface area contributed by atoms with E-state index in [1.807, 2.05) is 0 Å². The Kier molecular flexibility index (Phi) is 1.64. The highest BCUT2D eigenvalue weighted by atomic mass is 16.3. The van der Waals surface area contributed by atoms with Crippen molar-refractivity contribution in [3.8, 4) is 11.5 Å². The molecule has 0 saturated carbocycles. The van der Waals surface area contributed by atoms with Gasteiger partial charge < -0.3 is 27.4 Å². The molecule has 0 spiro atoms. The molecule has 0 saturated heterocycles. The number of hydrogen-bond acceptors (Lipinski definition) is 5. The lowest BCUT2D eigenvalue weighted by Crippen LogP contribution is -2.02. The van der Waals surface area contributed by atoms with Gasteiger partial charge in [-0.2, -0.15) is 0 Å². The molecular weight excluding hydrogens is 158 g/mol. The topological polar surface area (TPSA) is 119 Å². The lowest BCUT2D eigenvalue weighted by Gasteiger charge is -2.11. The van der Waals surface area contributed by atoms with Crippen LogP contribution in [0.15, 0.2) is 0 Å². The molecule has 0 amide bonds. The molecule has 0 aromatic heterocycles. The summed E-state index contributed by atoms with van der Waals surface area (Å²) in [5.74, 6) is -0.446. The largest absolute Gasteiger partial charge is 0.505 e. The lowest BCUT2D eigenvalue weighted by molar-refractivity contribution is 0.447. The average Bonchev–Trinajstić information content (AvgIpc) is 2.08. The summed E-state index contributed by atoms with van der Waals surface area (Å²) >= 11 is 0. The quantitative estimate of drug-likeness (QED) is 0.215. The van der Waals surface area contributed by atoms with Gasteiger partial charge in [0.05, 0.1) is 17.1 Å². The van der Waals surface area contributed by atoms with Gasteiger partial charge in [-0.15, -0.1) is 0 Å². The second kappa shape index (κ2) is 2.37. The third kappa shape index (κ3) is 0.868. The standard InChI is InChI=1S/C7H11N3O2/c1-2-6(11)4(9)3(8)5(10)7(2)12/h11-12H,8-10H2,1H3. The maximum absolute atomic E-state index is 9.27. The zero-order valence-corrected chi connectivity index (χ0v) is 6.63. The summed E-state index contributed by atoms with van der Waals surface area (Å²) in [6.45, 7) is 1.50. The van der Waals surface area contributed by atoms with Crippen molar-refractivity contribution in [3.63, 3.8) is 0 Å². The van der Waals surface area contributed by atoms with Crippen LogP contribution in [0.5, 0.6) is 11.5 Å². The number of anilines is 3. The maximum atomic E-state index is 9.27. The third-order valence-electron chi connectivity index (χ3n) is 1.80. The summed E-state index contributed by atoms with van der Waals surface area (Å²) in [4.78, 5) is 0. The number of aromatic hydroxyl groups is 2. The van der Waals surface area contributed by atoms with Crippen molar-refractivity contribution in [3.05, 3.63) is 5.56 Å². The molecule has 5 heteroatoms. The summed E-state index contributed by atoms with van der Waals surface area (Å²) in [6.07, 6.45) is 0. The first-order valence-electron chi connectivity index (χ1n) is 3.31. The van der Waals surface area contributed by atoms with Gasteiger partial charge >= 0.3 is 0 Å². The smallest absolute Gasteiger partial charge is 0.147 e. The third-order valence-corrected chi connectivity index (χ3v) is 1.80. The fourth-order valence-corrected chi connectivity index (χ4v) is 0.916. The molecular formula is C7H11N3O2. The van der Waals surface area contributed by atoms with Crippen LogP contribution in [0.3, 0.4) is 0 Å². The molecule has 0 bridgehead atoms. The Bertz CT molecular complexity index is 231. The van der Waals surface area contributed by atoms with Gasteiger partial charge in [0.15, 0.2) is 0 Å². The number of nitrogen functional groups attached to an aromatic ring is 3. The summed E-state index contributed by atoms with van der Waals surface area (Å²) in [5.41, 5.74) is 16.4. The van der Waals surface area contributed by atoms with Crippen LogP contribution < -0.4 is 17.2 Å². The number of benzene rings is 1. The summed E-state index contributed by atoms with van der Waals surface area (Å²) in [5, 5.41) is 18.5. The highest BCUT2D eigenvalue weighted by molar-refractivity contribution is 5.87. The normalized spacial score (nSPS) is 10.1. The van der Waals surface area contributed by atoms with Crippen LogP contribution in [-0.2, 0) is 0 Å². The van der Waals surface area contributed by atoms with Crippen molar-refractivity contribution in [1.82, 2.24) is 0 Å². The van der Waals surface area contributed by atoms with E-state index in [1.54, 1.807) is 0 Å². The Hall–Kier alpha value is -1.78. The van der Waals surface area contributed by atoms with E-state index >= 15 is 0 Å². The molecule has 0 unspecified atom stereocenters. The van der Waals surface area contributed by atoms with Crippen molar-refractivity contribution < 1.29 is 10.2 Å². The number of phenolic OH excluding ortho intramolecular Hbond substituents is 2. The van der Waals surface area contributed by atoms with Crippen molar-refractivity contribution in [2.45, 2.75) is 6.92 Å². The Morgan fingerprint density at radius 2 is 1.17 bits per heavy atom. The molecule has 1 aromatic rings. The maximum Gasteiger partial charge on any atom is 0.147 e. The molecule has 66 valence electrons. The minimum Gasteiger partial charge on any atom is -0.505 e. The van der Waals surface area contributed by atoms with E-state index in [0.29, 0.717) is 0 Å². The van der Waals surface area contributed by atoms with Gasteiger partial charge in [-0.25, -0.2) is 0 Å². The van der Waals surface area contributed by atoms with E-state index < -0.39 is 0 Å². The van der Waals surface area contributed by atoms with Crippen LogP contribution in [0, 0.1) is 6.92 Å². The van der Waals surface area contributed by atoms with Gasteiger partial charge in [-0.1, -0.05) is 0 Å². The van der Waals surface area contributed by atoms with E-state index in [-0.39, 0.29) is 34.1 Å². The van der Waals surface area contributed by atoms with Gasteiger partial charge in [0.2, 0.25) is 0 Å². The zero-order chi connectivity index (χ0) is 9.46. The van der Waals surface area contributed by atoms with Gasteiger partial charge in [0, 0.05) is 5.56 Å². The molecule has 5 nitrogen and oxygen atoms in total. The van der Waals surface area contributed by atoms with Crippen molar-refractivity contribution in [2.75, 3.05) is 17.2 Å². The van der Waals surface area contributed by atoms with Crippen LogP contribution in [0.2, 0.25) is 0 Å². The fraction of sp³-hybridized carbons (Fsp3) is 0.143. The Labute approximate surface area is 69.4 Å². The Balaban J connectivity index is 3.60. The number of phenols is 2. The number of hydrogen-bond donors (Lipinski definition) is 5. The van der Waals surface area contributed by atoms with Crippen LogP contribution in [-0.4, -0.2) is 10.2 Å².